The van der Waals surface area contributed by atoms with Crippen molar-refractivity contribution in [1.29, 1.82) is 0 Å². The molecule has 0 amide bonds. The fourth-order valence-electron chi connectivity index (χ4n) is 2.20. The number of phenols is 3. The topological polar surface area (TPSA) is 96.2 Å². The molecule has 2 rings (SSSR count). The summed E-state index contributed by atoms with van der Waals surface area (Å²) in [6, 6.07) is 5.72. The molecule has 0 spiro atoms. The lowest BCUT2D eigenvalue weighted by atomic mass is 10.1. The van der Waals surface area contributed by atoms with Gasteiger partial charge in [-0.3, -0.25) is 0 Å². The van der Waals surface area contributed by atoms with E-state index in [2.05, 4.69) is 0 Å². The number of ether oxygens (including phenoxy) is 2. The molecule has 0 saturated heterocycles. The Morgan fingerprint density at radius 2 is 1.74 bits per heavy atom. The zero-order chi connectivity index (χ0) is 17.1. The van der Waals surface area contributed by atoms with Crippen LogP contribution in [-0.2, 0) is 4.74 Å². The first kappa shape index (κ1) is 16.5. The first-order chi connectivity index (χ1) is 10.8. The minimum absolute atomic E-state index is 0.0465. The summed E-state index contributed by atoms with van der Waals surface area (Å²) in [7, 11) is 0. The number of rotatable bonds is 4. The van der Waals surface area contributed by atoms with E-state index in [4.69, 9.17) is 9.47 Å². The number of hydrogen-bond acceptors (Lipinski definition) is 6. The Morgan fingerprint density at radius 1 is 1.04 bits per heavy atom. The summed E-state index contributed by atoms with van der Waals surface area (Å²) in [4.78, 5) is 11.8. The van der Waals surface area contributed by atoms with Crippen molar-refractivity contribution < 1.29 is 29.6 Å². The largest absolute Gasteiger partial charge is 0.507 e. The smallest absolute Gasteiger partial charge is 0.342 e. The highest BCUT2D eigenvalue weighted by Gasteiger charge is 2.18. The Bertz CT molecular complexity index is 728. The number of carbonyl (C=O) groups excluding carboxylic acids is 1. The summed E-state index contributed by atoms with van der Waals surface area (Å²) in [6.07, 6.45) is 0. The van der Waals surface area contributed by atoms with E-state index in [9.17, 15) is 20.1 Å². The summed E-state index contributed by atoms with van der Waals surface area (Å²) in [6.45, 7) is 5.24. The number of benzene rings is 2. The van der Waals surface area contributed by atoms with Crippen LogP contribution in [0.5, 0.6) is 28.7 Å². The molecule has 0 aromatic heterocycles. The molecule has 2 aromatic carbocycles. The summed E-state index contributed by atoms with van der Waals surface area (Å²) in [5.74, 6) is -1.34. The molecule has 3 N–H and O–H groups in total. The Balaban J connectivity index is 2.38. The Hall–Kier alpha value is -2.89. The average molecular weight is 318 g/mol. The van der Waals surface area contributed by atoms with Gasteiger partial charge < -0.3 is 24.8 Å². The third-order valence-electron chi connectivity index (χ3n) is 3.19. The van der Waals surface area contributed by atoms with Crippen LogP contribution in [0.3, 0.4) is 0 Å². The molecule has 0 unspecified atom stereocenters. The van der Waals surface area contributed by atoms with Crippen molar-refractivity contribution in [3.8, 4) is 28.7 Å². The van der Waals surface area contributed by atoms with Gasteiger partial charge in [-0.05, 0) is 50.1 Å². The number of esters is 1. The van der Waals surface area contributed by atoms with Crippen LogP contribution < -0.4 is 4.74 Å². The molecule has 23 heavy (non-hydrogen) atoms. The minimum Gasteiger partial charge on any atom is -0.507 e. The number of aryl methyl sites for hydroxylation is 2. The number of phenolic OH excluding ortho intramolecular Hbond substituents is 3. The van der Waals surface area contributed by atoms with Gasteiger partial charge in [0.2, 0.25) is 5.75 Å². The maximum atomic E-state index is 11.8. The van der Waals surface area contributed by atoms with E-state index >= 15 is 0 Å². The first-order valence-electron chi connectivity index (χ1n) is 7.04. The summed E-state index contributed by atoms with van der Waals surface area (Å²) in [5.41, 5.74) is 1.23. The number of carbonyl (C=O) groups is 1. The van der Waals surface area contributed by atoms with Crippen LogP contribution in [-0.4, -0.2) is 27.9 Å². The summed E-state index contributed by atoms with van der Waals surface area (Å²) >= 11 is 0. The van der Waals surface area contributed by atoms with Crippen LogP contribution in [0.4, 0.5) is 0 Å². The Kier molecular flexibility index (Phi) is 4.64. The van der Waals surface area contributed by atoms with Crippen molar-refractivity contribution in [3.05, 3.63) is 41.0 Å². The third-order valence-corrected chi connectivity index (χ3v) is 3.19. The highest BCUT2D eigenvalue weighted by Crippen LogP contribution is 2.40. The molecular formula is C17H18O6. The van der Waals surface area contributed by atoms with Gasteiger partial charge >= 0.3 is 5.97 Å². The quantitative estimate of drug-likeness (QED) is 0.590. The van der Waals surface area contributed by atoms with E-state index in [1.165, 1.54) is 18.2 Å². The van der Waals surface area contributed by atoms with Gasteiger partial charge in [0, 0.05) is 6.07 Å². The second kappa shape index (κ2) is 6.48. The van der Waals surface area contributed by atoms with Gasteiger partial charge in [0.25, 0.3) is 0 Å². The van der Waals surface area contributed by atoms with E-state index in [0.717, 1.165) is 0 Å². The van der Waals surface area contributed by atoms with Crippen molar-refractivity contribution >= 4 is 5.97 Å². The maximum Gasteiger partial charge on any atom is 0.342 e. The Labute approximate surface area is 133 Å². The summed E-state index contributed by atoms with van der Waals surface area (Å²) < 4.78 is 10.4. The van der Waals surface area contributed by atoms with Gasteiger partial charge in [0.15, 0.2) is 11.5 Å². The molecule has 0 heterocycles. The van der Waals surface area contributed by atoms with Gasteiger partial charge in [0.1, 0.15) is 17.1 Å². The van der Waals surface area contributed by atoms with Gasteiger partial charge in [-0.2, -0.15) is 0 Å². The molecule has 2 aromatic rings. The second-order valence-corrected chi connectivity index (χ2v) is 5.09. The van der Waals surface area contributed by atoms with E-state index in [0.29, 0.717) is 11.1 Å². The average Bonchev–Trinajstić information content (AvgIpc) is 2.43. The molecule has 0 aliphatic rings. The standard InChI is InChI=1S/C17H18O6/c1-4-22-17(21)15-10(3)7-11(8-12(15)18)23-14-6-9(2)5-13(19)16(14)20/h5-8,18-20H,4H2,1-3H3. The molecule has 6 heteroatoms. The van der Waals surface area contributed by atoms with Crippen molar-refractivity contribution in [1.82, 2.24) is 0 Å². The predicted molar refractivity (Wildman–Crippen MR) is 83.4 cm³/mol. The lowest BCUT2D eigenvalue weighted by Gasteiger charge is -2.13. The van der Waals surface area contributed by atoms with Crippen LogP contribution in [0.15, 0.2) is 24.3 Å². The van der Waals surface area contributed by atoms with Gasteiger partial charge in [0.05, 0.1) is 6.61 Å². The number of hydrogen-bond donors (Lipinski definition) is 3. The van der Waals surface area contributed by atoms with Crippen molar-refractivity contribution in [3.63, 3.8) is 0 Å². The van der Waals surface area contributed by atoms with Gasteiger partial charge in [-0.1, -0.05) is 0 Å². The molecular weight excluding hydrogens is 300 g/mol. The first-order valence-corrected chi connectivity index (χ1v) is 7.04. The zero-order valence-corrected chi connectivity index (χ0v) is 13.1. The summed E-state index contributed by atoms with van der Waals surface area (Å²) in [5, 5.41) is 29.5. The van der Waals surface area contributed by atoms with Crippen molar-refractivity contribution in [2.75, 3.05) is 6.61 Å². The lowest BCUT2D eigenvalue weighted by Crippen LogP contribution is -2.07. The van der Waals surface area contributed by atoms with Crippen molar-refractivity contribution in [2.24, 2.45) is 0 Å². The van der Waals surface area contributed by atoms with Gasteiger partial charge in [-0.15, -0.1) is 0 Å². The second-order valence-electron chi connectivity index (χ2n) is 5.09. The fourth-order valence-corrected chi connectivity index (χ4v) is 2.20. The molecule has 0 bridgehead atoms. The van der Waals surface area contributed by atoms with Crippen LogP contribution in [0, 0.1) is 13.8 Å². The van der Waals surface area contributed by atoms with E-state index in [-0.39, 0.29) is 35.2 Å². The highest BCUT2D eigenvalue weighted by molar-refractivity contribution is 5.94. The minimum atomic E-state index is -0.620. The predicted octanol–water partition coefficient (Wildman–Crippen LogP) is 3.39. The van der Waals surface area contributed by atoms with Crippen molar-refractivity contribution in [2.45, 2.75) is 20.8 Å². The van der Waals surface area contributed by atoms with E-state index in [1.807, 2.05) is 0 Å². The van der Waals surface area contributed by atoms with Gasteiger partial charge in [-0.25, -0.2) is 4.79 Å². The van der Waals surface area contributed by atoms with E-state index in [1.54, 1.807) is 26.8 Å². The fraction of sp³-hybridized carbons (Fsp3) is 0.235. The maximum absolute atomic E-state index is 11.8. The molecule has 0 saturated carbocycles. The van der Waals surface area contributed by atoms with Crippen LogP contribution >= 0.6 is 0 Å². The molecule has 0 fully saturated rings. The lowest BCUT2D eigenvalue weighted by molar-refractivity contribution is 0.0522. The molecule has 0 atom stereocenters. The number of aromatic hydroxyl groups is 3. The molecule has 0 aliphatic heterocycles. The monoisotopic (exact) mass is 318 g/mol. The normalized spacial score (nSPS) is 10.4. The SMILES string of the molecule is CCOC(=O)c1c(C)cc(Oc2cc(C)cc(O)c2O)cc1O. The molecule has 6 nitrogen and oxygen atoms in total. The zero-order valence-electron chi connectivity index (χ0n) is 13.1. The molecule has 122 valence electrons. The third kappa shape index (κ3) is 3.48. The van der Waals surface area contributed by atoms with Crippen LogP contribution in [0.1, 0.15) is 28.4 Å². The molecule has 0 radical (unpaired) electrons. The molecule has 0 aliphatic carbocycles. The Morgan fingerprint density at radius 3 is 2.35 bits per heavy atom. The van der Waals surface area contributed by atoms with Crippen LogP contribution in [0.25, 0.3) is 0 Å². The van der Waals surface area contributed by atoms with E-state index < -0.39 is 11.7 Å². The highest BCUT2D eigenvalue weighted by atomic mass is 16.5. The van der Waals surface area contributed by atoms with Crippen LogP contribution in [0.2, 0.25) is 0 Å².